The average Bonchev–Trinajstić information content (AvgIpc) is 1.30. The van der Waals surface area contributed by atoms with Gasteiger partial charge in [-0.25, -0.2) is 0 Å². The maximum absolute atomic E-state index is 9.62. The third-order valence-electron chi connectivity index (χ3n) is 0.251. The molecule has 0 heterocycles. The van der Waals surface area contributed by atoms with Crippen molar-refractivity contribution in [2.45, 2.75) is 0 Å². The molecule has 44 valence electrons. The molecule has 0 bridgehead atoms. The summed E-state index contributed by atoms with van der Waals surface area (Å²) in [5, 5.41) is 0.493. The predicted octanol–water partition coefficient (Wildman–Crippen LogP) is -1.34. The van der Waals surface area contributed by atoms with Gasteiger partial charge in [0.1, 0.15) is 0 Å². The van der Waals surface area contributed by atoms with Gasteiger partial charge in [-0.3, -0.25) is 4.55 Å². The second kappa shape index (κ2) is 4.34. The zero-order valence-corrected chi connectivity index (χ0v) is 4.22. The molecule has 0 aliphatic rings. The summed E-state index contributed by atoms with van der Waals surface area (Å²) in [5.41, 5.74) is 4.59. The minimum absolute atomic E-state index is 0. The quantitative estimate of drug-likeness (QED) is 0.355. The first-order chi connectivity index (χ1) is 3.06. The molecule has 8 heavy (non-hydrogen) atoms. The van der Waals surface area contributed by atoms with E-state index in [1.54, 1.807) is 0 Å². The standard InChI is InChI=1S/C2H5NO3S.Na.H/c3-1-2-7(4,5)6;;/h1-2H,3H2,(H,4,5,6);;. The molecule has 0 radical (unpaired) electrons. The predicted molar refractivity (Wildman–Crippen MR) is 32.0 cm³/mol. The van der Waals surface area contributed by atoms with Crippen LogP contribution in [0.2, 0.25) is 0 Å². The van der Waals surface area contributed by atoms with Crippen molar-refractivity contribution in [3.05, 3.63) is 11.6 Å². The van der Waals surface area contributed by atoms with E-state index in [2.05, 4.69) is 5.73 Å². The van der Waals surface area contributed by atoms with E-state index in [-0.39, 0.29) is 29.6 Å². The molecule has 6 heteroatoms. The van der Waals surface area contributed by atoms with E-state index in [1.807, 2.05) is 0 Å². The Morgan fingerprint density at radius 1 is 1.50 bits per heavy atom. The summed E-state index contributed by atoms with van der Waals surface area (Å²) in [5.74, 6) is 0. The van der Waals surface area contributed by atoms with E-state index in [0.717, 1.165) is 6.20 Å². The molecule has 0 aromatic heterocycles. The van der Waals surface area contributed by atoms with Gasteiger partial charge in [-0.2, -0.15) is 8.42 Å². The molecular formula is C2H6NNaO3S. The fourth-order valence-corrected chi connectivity index (χ4v) is 0.298. The summed E-state index contributed by atoms with van der Waals surface area (Å²) in [7, 11) is -3.98. The summed E-state index contributed by atoms with van der Waals surface area (Å²) in [4.78, 5) is 0. The van der Waals surface area contributed by atoms with Crippen LogP contribution in [0, 0.1) is 0 Å². The van der Waals surface area contributed by atoms with Gasteiger partial charge in [-0.05, 0) is 0 Å². The van der Waals surface area contributed by atoms with E-state index in [1.165, 1.54) is 0 Å². The van der Waals surface area contributed by atoms with Gasteiger partial charge in [0, 0.05) is 6.20 Å². The molecule has 3 N–H and O–H groups in total. The van der Waals surface area contributed by atoms with Crippen molar-refractivity contribution < 1.29 is 13.0 Å². The molecule has 0 unspecified atom stereocenters. The summed E-state index contributed by atoms with van der Waals surface area (Å²) in [6, 6.07) is 0. The number of rotatable bonds is 1. The molecule has 0 aromatic carbocycles. The molecule has 0 rings (SSSR count). The van der Waals surface area contributed by atoms with E-state index >= 15 is 0 Å². The van der Waals surface area contributed by atoms with Crippen molar-refractivity contribution in [2.75, 3.05) is 0 Å². The van der Waals surface area contributed by atoms with Crippen molar-refractivity contribution in [3.8, 4) is 0 Å². The van der Waals surface area contributed by atoms with Crippen LogP contribution in [0.5, 0.6) is 0 Å². The second-order valence-corrected chi connectivity index (χ2v) is 2.15. The van der Waals surface area contributed by atoms with Gasteiger partial charge < -0.3 is 5.73 Å². The molecule has 4 nitrogen and oxygen atoms in total. The van der Waals surface area contributed by atoms with E-state index in [0.29, 0.717) is 5.41 Å². The normalized spacial score (nSPS) is 11.1. The fourth-order valence-electron chi connectivity index (χ4n) is 0.0993. The van der Waals surface area contributed by atoms with Crippen molar-refractivity contribution in [3.63, 3.8) is 0 Å². The van der Waals surface area contributed by atoms with E-state index in [4.69, 9.17) is 4.55 Å². The van der Waals surface area contributed by atoms with Crippen LogP contribution in [0.1, 0.15) is 0 Å². The van der Waals surface area contributed by atoms with Gasteiger partial charge in [-0.1, -0.05) is 0 Å². The third kappa shape index (κ3) is 9.67. The van der Waals surface area contributed by atoms with Gasteiger partial charge in [0.15, 0.2) is 0 Å². The van der Waals surface area contributed by atoms with Crippen molar-refractivity contribution in [1.29, 1.82) is 0 Å². The second-order valence-electron chi connectivity index (χ2n) is 0.844. The molecule has 0 fully saturated rings. The number of nitrogens with two attached hydrogens (primary N) is 1. The average molecular weight is 147 g/mol. The van der Waals surface area contributed by atoms with Crippen LogP contribution in [-0.2, 0) is 10.1 Å². The Bertz CT molecular complexity index is 160. The van der Waals surface area contributed by atoms with Crippen LogP contribution in [0.15, 0.2) is 11.6 Å². The number of hydrogen-bond donors (Lipinski definition) is 2. The Balaban J connectivity index is 0. The Hall–Kier alpha value is 0.450. The van der Waals surface area contributed by atoms with Gasteiger partial charge >= 0.3 is 29.6 Å². The molecule has 0 aliphatic carbocycles. The Labute approximate surface area is 69.8 Å². The Morgan fingerprint density at radius 2 is 1.88 bits per heavy atom. The first-order valence-electron chi connectivity index (χ1n) is 1.42. The molecule has 0 saturated carbocycles. The molecule has 0 saturated heterocycles. The number of hydrogen-bond acceptors (Lipinski definition) is 3. The van der Waals surface area contributed by atoms with Gasteiger partial charge in [0.2, 0.25) is 0 Å². The van der Waals surface area contributed by atoms with Crippen LogP contribution in [0.25, 0.3) is 0 Å². The zero-order chi connectivity index (χ0) is 5.91. The molecule has 0 spiro atoms. The van der Waals surface area contributed by atoms with Gasteiger partial charge in [-0.15, -0.1) is 0 Å². The molecule has 0 aliphatic heterocycles. The van der Waals surface area contributed by atoms with Crippen molar-refractivity contribution in [1.82, 2.24) is 0 Å². The molecule has 0 aromatic rings. The Kier molecular flexibility index (Phi) is 6.12. The minimum atomic E-state index is -3.98. The zero-order valence-electron chi connectivity index (χ0n) is 3.40. The summed E-state index contributed by atoms with van der Waals surface area (Å²) >= 11 is 0. The molecular weight excluding hydrogens is 141 g/mol. The molecule has 0 amide bonds. The summed E-state index contributed by atoms with van der Waals surface area (Å²) < 4.78 is 27.1. The van der Waals surface area contributed by atoms with Crippen molar-refractivity contribution >= 4 is 39.7 Å². The summed E-state index contributed by atoms with van der Waals surface area (Å²) in [6.07, 6.45) is 0.745. The first-order valence-corrected chi connectivity index (χ1v) is 2.92. The Morgan fingerprint density at radius 3 is 1.88 bits per heavy atom. The first kappa shape index (κ1) is 11.3. The third-order valence-corrected chi connectivity index (χ3v) is 0.752. The topological polar surface area (TPSA) is 80.4 Å². The van der Waals surface area contributed by atoms with Gasteiger partial charge in [0.25, 0.3) is 10.1 Å². The van der Waals surface area contributed by atoms with Crippen molar-refractivity contribution in [2.24, 2.45) is 5.73 Å². The fraction of sp³-hybridized carbons (Fsp3) is 0. The monoisotopic (exact) mass is 147 g/mol. The van der Waals surface area contributed by atoms with Crippen LogP contribution >= 0.6 is 0 Å². The van der Waals surface area contributed by atoms with E-state index < -0.39 is 10.1 Å². The van der Waals surface area contributed by atoms with Crippen LogP contribution in [0.3, 0.4) is 0 Å². The van der Waals surface area contributed by atoms with Crippen LogP contribution < -0.4 is 5.73 Å². The van der Waals surface area contributed by atoms with Crippen LogP contribution in [-0.4, -0.2) is 42.5 Å². The van der Waals surface area contributed by atoms with Crippen LogP contribution in [0.4, 0.5) is 0 Å². The SMILES string of the molecule is NC=CS(=O)(=O)O.[NaH]. The van der Waals surface area contributed by atoms with Gasteiger partial charge in [0.05, 0.1) is 5.41 Å². The maximum atomic E-state index is 9.62. The molecule has 0 atom stereocenters. The van der Waals surface area contributed by atoms with E-state index in [9.17, 15) is 8.42 Å². The summed E-state index contributed by atoms with van der Waals surface area (Å²) in [6.45, 7) is 0.